The van der Waals surface area contributed by atoms with Crippen LogP contribution in [-0.4, -0.2) is 69.4 Å². The van der Waals surface area contributed by atoms with Gasteiger partial charge in [0.15, 0.2) is 11.6 Å². The van der Waals surface area contributed by atoms with Gasteiger partial charge in [0.05, 0.1) is 20.8 Å². The van der Waals surface area contributed by atoms with E-state index in [4.69, 9.17) is 14.8 Å². The number of aromatic nitrogens is 2. The van der Waals surface area contributed by atoms with Crippen LogP contribution in [0.3, 0.4) is 0 Å². The van der Waals surface area contributed by atoms with Crippen LogP contribution < -0.4 is 4.74 Å². The number of carboxylic acids is 1. The molecule has 0 spiro atoms. The Bertz CT molecular complexity index is 1600. The van der Waals surface area contributed by atoms with Crippen LogP contribution >= 0.6 is 11.3 Å². The fourth-order valence-corrected chi connectivity index (χ4v) is 6.51. The standard InChI is InChI=1S/C33H35FN4O4S/c34-26-18-23(17-25(39)16-22-3-4-22)6-8-29(26)42-30-9-10-35-28-19-31(43-33(28)30)27-7-5-24(20-36-27)21-38-14-12-37(13-15-38)11-1-2-32(40)41/h5-10,18-20,22H,1-4,11-17,21H2,(H,40,41). The summed E-state index contributed by atoms with van der Waals surface area (Å²) in [4.78, 5) is 37.8. The maximum atomic E-state index is 14.9. The molecule has 0 unspecified atom stereocenters. The van der Waals surface area contributed by atoms with Crippen LogP contribution in [-0.2, 0) is 22.6 Å². The van der Waals surface area contributed by atoms with Gasteiger partial charge in [0.2, 0.25) is 0 Å². The van der Waals surface area contributed by atoms with E-state index in [0.29, 0.717) is 30.1 Å². The van der Waals surface area contributed by atoms with Crippen molar-refractivity contribution in [2.24, 2.45) is 5.92 Å². The number of carboxylic acid groups (broad SMARTS) is 1. The Morgan fingerprint density at radius 3 is 2.49 bits per heavy atom. The van der Waals surface area contributed by atoms with Crippen LogP contribution in [0.4, 0.5) is 4.39 Å². The second kappa shape index (κ2) is 13.3. The average molecular weight is 603 g/mol. The number of thiophene rings is 1. The number of hydrogen-bond acceptors (Lipinski definition) is 8. The summed E-state index contributed by atoms with van der Waals surface area (Å²) < 4.78 is 21.8. The van der Waals surface area contributed by atoms with E-state index >= 15 is 0 Å². The molecule has 10 heteroatoms. The van der Waals surface area contributed by atoms with Crippen molar-refractivity contribution in [3.8, 4) is 22.1 Å². The number of carbonyl (C=O) groups is 2. The minimum Gasteiger partial charge on any atom is -0.481 e. The monoisotopic (exact) mass is 602 g/mol. The molecule has 1 aliphatic heterocycles. The molecule has 1 N–H and O–H groups in total. The van der Waals surface area contributed by atoms with Crippen molar-refractivity contribution in [2.45, 2.75) is 45.1 Å². The molecule has 4 aromatic rings. The number of hydrogen-bond donors (Lipinski definition) is 1. The molecule has 4 heterocycles. The lowest BCUT2D eigenvalue weighted by atomic mass is 10.0. The van der Waals surface area contributed by atoms with Gasteiger partial charge in [-0.2, -0.15) is 0 Å². The van der Waals surface area contributed by atoms with Gasteiger partial charge in [-0.05, 0) is 67.1 Å². The maximum absolute atomic E-state index is 14.9. The maximum Gasteiger partial charge on any atom is 0.303 e. The molecule has 0 bridgehead atoms. The quantitative estimate of drug-likeness (QED) is 0.194. The van der Waals surface area contributed by atoms with E-state index < -0.39 is 11.8 Å². The van der Waals surface area contributed by atoms with Gasteiger partial charge in [-0.25, -0.2) is 4.39 Å². The molecule has 43 heavy (non-hydrogen) atoms. The molecule has 0 amide bonds. The average Bonchev–Trinajstić information content (AvgIpc) is 3.69. The number of aliphatic carboxylic acids is 1. The first-order valence-corrected chi connectivity index (χ1v) is 15.7. The Morgan fingerprint density at radius 1 is 0.977 bits per heavy atom. The molecule has 1 saturated heterocycles. The smallest absolute Gasteiger partial charge is 0.303 e. The van der Waals surface area contributed by atoms with Crippen molar-refractivity contribution < 1.29 is 23.8 Å². The minimum atomic E-state index is -0.735. The number of piperazine rings is 1. The SMILES string of the molecule is O=C(O)CCCN1CCN(Cc2ccc(-c3cc4nccc(Oc5ccc(CC(=O)CC6CC6)cc5F)c4s3)nc2)CC1. The van der Waals surface area contributed by atoms with Gasteiger partial charge in [-0.3, -0.25) is 24.5 Å². The lowest BCUT2D eigenvalue weighted by Crippen LogP contribution is -2.46. The Labute approximate surface area is 254 Å². The van der Waals surface area contributed by atoms with Crippen molar-refractivity contribution in [3.05, 3.63) is 71.8 Å². The first-order valence-electron chi connectivity index (χ1n) is 14.9. The van der Waals surface area contributed by atoms with E-state index in [2.05, 4.69) is 20.9 Å². The zero-order chi connectivity index (χ0) is 29.8. The van der Waals surface area contributed by atoms with Crippen LogP contribution in [0.15, 0.2) is 54.9 Å². The lowest BCUT2D eigenvalue weighted by molar-refractivity contribution is -0.137. The predicted molar refractivity (Wildman–Crippen MR) is 164 cm³/mol. The van der Waals surface area contributed by atoms with E-state index in [9.17, 15) is 14.0 Å². The largest absolute Gasteiger partial charge is 0.481 e. The van der Waals surface area contributed by atoms with E-state index in [1.165, 1.54) is 17.4 Å². The summed E-state index contributed by atoms with van der Waals surface area (Å²) in [6, 6.07) is 12.6. The summed E-state index contributed by atoms with van der Waals surface area (Å²) in [7, 11) is 0. The number of ether oxygens (including phenoxy) is 1. The molecule has 0 atom stereocenters. The van der Waals surface area contributed by atoms with Crippen molar-refractivity contribution in [1.29, 1.82) is 0 Å². The summed E-state index contributed by atoms with van der Waals surface area (Å²) in [6.07, 6.45) is 7.56. The van der Waals surface area contributed by atoms with Gasteiger partial charge in [0.1, 0.15) is 11.5 Å². The molecule has 224 valence electrons. The molecule has 2 aliphatic rings. The normalized spacial score (nSPS) is 16.0. The molecular formula is C33H35FN4O4S. The van der Waals surface area contributed by atoms with Crippen LogP contribution in [0.2, 0.25) is 0 Å². The van der Waals surface area contributed by atoms with E-state index in [0.717, 1.165) is 78.5 Å². The molecule has 1 aliphatic carbocycles. The number of halogens is 1. The zero-order valence-electron chi connectivity index (χ0n) is 24.0. The molecule has 6 rings (SSSR count). The van der Waals surface area contributed by atoms with Crippen molar-refractivity contribution in [3.63, 3.8) is 0 Å². The second-order valence-electron chi connectivity index (χ2n) is 11.5. The lowest BCUT2D eigenvalue weighted by Gasteiger charge is -2.34. The molecule has 2 fully saturated rings. The van der Waals surface area contributed by atoms with Crippen molar-refractivity contribution in [1.82, 2.24) is 19.8 Å². The number of nitrogens with zero attached hydrogens (tertiary/aromatic N) is 4. The topological polar surface area (TPSA) is 95.9 Å². The Kier molecular flexibility index (Phi) is 9.06. The fourth-order valence-electron chi connectivity index (χ4n) is 5.47. The van der Waals surface area contributed by atoms with Gasteiger partial charge in [-0.15, -0.1) is 11.3 Å². The van der Waals surface area contributed by atoms with Gasteiger partial charge >= 0.3 is 5.97 Å². The van der Waals surface area contributed by atoms with Crippen LogP contribution in [0.25, 0.3) is 20.8 Å². The van der Waals surface area contributed by atoms with Gasteiger partial charge < -0.3 is 14.7 Å². The van der Waals surface area contributed by atoms with Crippen LogP contribution in [0, 0.1) is 11.7 Å². The summed E-state index contributed by atoms with van der Waals surface area (Å²) in [5.41, 5.74) is 3.40. The number of Topliss-reactive ketones (excluding diaryl/α,β-unsaturated/α-hetero) is 1. The highest BCUT2D eigenvalue weighted by Crippen LogP contribution is 2.39. The first kappa shape index (κ1) is 29.3. The number of rotatable bonds is 13. The molecule has 1 aromatic carbocycles. The number of ketones is 1. The summed E-state index contributed by atoms with van der Waals surface area (Å²) >= 11 is 1.51. The third kappa shape index (κ3) is 7.81. The Hall–Kier alpha value is -3.73. The molecule has 8 nitrogen and oxygen atoms in total. The van der Waals surface area contributed by atoms with E-state index in [-0.39, 0.29) is 24.4 Å². The number of benzene rings is 1. The predicted octanol–water partition coefficient (Wildman–Crippen LogP) is 6.18. The number of carbonyl (C=O) groups excluding carboxylic acids is 1. The van der Waals surface area contributed by atoms with Crippen molar-refractivity contribution >= 4 is 33.3 Å². The summed E-state index contributed by atoms with van der Waals surface area (Å²) in [6.45, 7) is 5.43. The van der Waals surface area contributed by atoms with E-state index in [1.807, 2.05) is 18.3 Å². The van der Waals surface area contributed by atoms with E-state index in [1.54, 1.807) is 24.4 Å². The molecular weight excluding hydrogens is 567 g/mol. The Morgan fingerprint density at radius 2 is 1.77 bits per heavy atom. The highest BCUT2D eigenvalue weighted by Gasteiger charge is 2.24. The summed E-state index contributed by atoms with van der Waals surface area (Å²) in [5.74, 6) is 0.0930. The fraction of sp³-hybridized carbons (Fsp3) is 0.394. The van der Waals surface area contributed by atoms with Gasteiger partial charge in [-0.1, -0.05) is 12.1 Å². The zero-order valence-corrected chi connectivity index (χ0v) is 24.8. The second-order valence-corrected chi connectivity index (χ2v) is 12.6. The molecule has 1 saturated carbocycles. The van der Waals surface area contributed by atoms with Gasteiger partial charge in [0.25, 0.3) is 0 Å². The molecule has 0 radical (unpaired) electrons. The van der Waals surface area contributed by atoms with Crippen molar-refractivity contribution in [2.75, 3.05) is 32.7 Å². The third-order valence-corrected chi connectivity index (χ3v) is 9.18. The highest BCUT2D eigenvalue weighted by atomic mass is 32.1. The third-order valence-electron chi connectivity index (χ3n) is 8.02. The van der Waals surface area contributed by atoms with Crippen LogP contribution in [0.1, 0.15) is 43.2 Å². The number of fused-ring (bicyclic) bond motifs is 1. The minimum absolute atomic E-state index is 0.115. The van der Waals surface area contributed by atoms with Crippen LogP contribution in [0.5, 0.6) is 11.5 Å². The highest BCUT2D eigenvalue weighted by molar-refractivity contribution is 7.22. The van der Waals surface area contributed by atoms with Gasteiger partial charge in [0, 0.05) is 70.4 Å². The summed E-state index contributed by atoms with van der Waals surface area (Å²) in [5, 5.41) is 8.84. The Balaban J connectivity index is 1.07. The first-order chi connectivity index (χ1) is 20.9. The number of pyridine rings is 2. The molecule has 3 aromatic heterocycles.